The monoisotopic (exact) mass is 629 g/mol. The van der Waals surface area contributed by atoms with Crippen molar-refractivity contribution in [3.8, 4) is 11.1 Å². The highest BCUT2D eigenvalue weighted by Gasteiger charge is 2.49. The molecule has 1 spiro atoms. The van der Waals surface area contributed by atoms with Gasteiger partial charge in [-0.3, -0.25) is 0 Å². The molecule has 7 rings (SSSR count). The molecule has 0 heterocycles. The Balaban J connectivity index is 0.000000442. The smallest absolute Gasteiger partial charge is 0.0683 e. The van der Waals surface area contributed by atoms with Gasteiger partial charge in [-0.2, -0.15) is 0 Å². The van der Waals surface area contributed by atoms with Crippen LogP contribution in [-0.4, -0.2) is 0 Å². The van der Waals surface area contributed by atoms with Gasteiger partial charge in [0.15, 0.2) is 0 Å². The average Bonchev–Trinajstić information content (AvgIpc) is 3.43. The molecule has 0 atom stereocenters. The highest BCUT2D eigenvalue weighted by atomic mass is 14.5. The van der Waals surface area contributed by atoms with Crippen molar-refractivity contribution in [2.45, 2.75) is 115 Å². The number of fused-ring (bicyclic) bond motifs is 9. The van der Waals surface area contributed by atoms with Gasteiger partial charge in [-0.15, -0.1) is 0 Å². The first-order chi connectivity index (χ1) is 23.0. The minimum Gasteiger partial charge on any atom is -0.0683 e. The zero-order valence-corrected chi connectivity index (χ0v) is 32.1. The summed E-state index contributed by atoms with van der Waals surface area (Å²) in [7, 11) is 0. The number of hydrogen-bond donors (Lipinski definition) is 0. The lowest BCUT2D eigenvalue weighted by atomic mass is 9.61. The van der Waals surface area contributed by atoms with Gasteiger partial charge in [0.25, 0.3) is 0 Å². The van der Waals surface area contributed by atoms with E-state index in [0.717, 1.165) is 12.8 Å². The molecule has 0 fully saturated rings. The van der Waals surface area contributed by atoms with Crippen LogP contribution in [0.25, 0.3) is 11.1 Å². The molecule has 0 nitrogen and oxygen atoms in total. The lowest BCUT2D eigenvalue weighted by molar-refractivity contribution is 0.722. The molecular weight excluding hydrogens is 565 g/mol. The van der Waals surface area contributed by atoms with Crippen LogP contribution in [0.4, 0.5) is 0 Å². The minimum atomic E-state index is -0.196. The normalized spacial score (nSPS) is 11.3. The van der Waals surface area contributed by atoms with E-state index in [1.165, 1.54) is 67.6 Å². The molecule has 0 aromatic heterocycles. The third-order valence-electron chi connectivity index (χ3n) is 7.87. The van der Waals surface area contributed by atoms with Gasteiger partial charge in [0.2, 0.25) is 0 Å². The van der Waals surface area contributed by atoms with Crippen LogP contribution in [0.15, 0.2) is 115 Å². The summed E-state index contributed by atoms with van der Waals surface area (Å²) in [5.74, 6) is 0. The largest absolute Gasteiger partial charge is 0.0719 e. The average molecular weight is 629 g/mol. The molecule has 252 valence electrons. The molecule has 0 bridgehead atoms. The number of benzene rings is 5. The molecular formula is C47H64. The van der Waals surface area contributed by atoms with Gasteiger partial charge in [0.05, 0.1) is 5.41 Å². The Bertz CT molecular complexity index is 1470. The minimum absolute atomic E-state index is 0.196. The number of rotatable bonds is 1. The maximum Gasteiger partial charge on any atom is 0.0719 e. The van der Waals surface area contributed by atoms with Crippen molar-refractivity contribution in [2.75, 3.05) is 0 Å². The molecule has 0 unspecified atom stereocenters. The predicted octanol–water partition coefficient (Wildman–Crippen LogP) is 14.3. The Morgan fingerprint density at radius 2 is 0.766 bits per heavy atom. The maximum absolute atomic E-state index is 2.34. The van der Waals surface area contributed by atoms with Gasteiger partial charge in [-0.1, -0.05) is 209 Å². The summed E-state index contributed by atoms with van der Waals surface area (Å²) in [5.41, 5.74) is 15.3. The highest BCUT2D eigenvalue weighted by Crippen LogP contribution is 2.58. The summed E-state index contributed by atoms with van der Waals surface area (Å²) < 4.78 is 0. The van der Waals surface area contributed by atoms with Crippen LogP contribution in [0.2, 0.25) is 0 Å². The van der Waals surface area contributed by atoms with Crippen molar-refractivity contribution in [1.29, 1.82) is 0 Å². The lowest BCUT2D eigenvalue weighted by Gasteiger charge is -2.40. The SMILES string of the molecule is CC.CC.CC.CC.CCC.CCc1cc(C)cc(C)c1.c1ccc2c(c1)Cc1ccccc1C21c2ccccc2-c2ccccc21. The van der Waals surface area contributed by atoms with Gasteiger partial charge in [-0.25, -0.2) is 0 Å². The third-order valence-corrected chi connectivity index (χ3v) is 7.87. The van der Waals surface area contributed by atoms with Gasteiger partial charge in [0, 0.05) is 0 Å². The summed E-state index contributed by atoms with van der Waals surface area (Å²) in [5, 5.41) is 0. The van der Waals surface area contributed by atoms with Crippen LogP contribution in [-0.2, 0) is 18.3 Å². The molecule has 0 saturated carbocycles. The van der Waals surface area contributed by atoms with Gasteiger partial charge >= 0.3 is 0 Å². The van der Waals surface area contributed by atoms with Crippen molar-refractivity contribution < 1.29 is 0 Å². The number of aryl methyl sites for hydroxylation is 3. The fourth-order valence-corrected chi connectivity index (χ4v) is 6.52. The van der Waals surface area contributed by atoms with Crippen LogP contribution in [0, 0.1) is 13.8 Å². The van der Waals surface area contributed by atoms with E-state index in [1.54, 1.807) is 0 Å². The molecule has 0 heteroatoms. The Labute approximate surface area is 290 Å². The summed E-state index contributed by atoms with van der Waals surface area (Å²) >= 11 is 0. The zero-order chi connectivity index (χ0) is 35.4. The standard InChI is InChI=1S/C26H18.C10H14.C3H8.4C2H6/c1-5-13-22-18(9-1)17-19-10-2-6-14-23(19)26(22)24-15-7-3-11-20(24)21-12-4-8-16-25(21)26;1-4-10-6-8(2)5-9(3)7-10;1-3-2;4*1-2/h1-16H,17H2;5-7H,4H2,1-3H3;3H2,1-2H3;4*1-2H3. The molecule has 47 heavy (non-hydrogen) atoms. The Morgan fingerprint density at radius 1 is 0.447 bits per heavy atom. The fraction of sp³-hybridized carbons (Fsp3) is 0.362. The predicted molar refractivity (Wildman–Crippen MR) is 213 cm³/mol. The van der Waals surface area contributed by atoms with Crippen LogP contribution >= 0.6 is 0 Å². The molecule has 0 N–H and O–H groups in total. The summed E-state index contributed by atoms with van der Waals surface area (Å²) in [6, 6.07) is 42.6. The lowest BCUT2D eigenvalue weighted by Crippen LogP contribution is -2.34. The van der Waals surface area contributed by atoms with E-state index < -0.39 is 0 Å². The van der Waals surface area contributed by atoms with E-state index >= 15 is 0 Å². The van der Waals surface area contributed by atoms with Crippen molar-refractivity contribution in [1.82, 2.24) is 0 Å². The van der Waals surface area contributed by atoms with Crippen LogP contribution in [0.3, 0.4) is 0 Å². The molecule has 5 aromatic rings. The van der Waals surface area contributed by atoms with Crippen molar-refractivity contribution >= 4 is 0 Å². The zero-order valence-electron chi connectivity index (χ0n) is 32.1. The van der Waals surface area contributed by atoms with E-state index in [-0.39, 0.29) is 5.41 Å². The molecule has 5 aromatic carbocycles. The van der Waals surface area contributed by atoms with E-state index in [9.17, 15) is 0 Å². The first kappa shape index (κ1) is 41.1. The highest BCUT2D eigenvalue weighted by molar-refractivity contribution is 5.87. The van der Waals surface area contributed by atoms with Gasteiger partial charge in [0.1, 0.15) is 0 Å². The molecule has 0 amide bonds. The molecule has 0 radical (unpaired) electrons. The van der Waals surface area contributed by atoms with Crippen molar-refractivity contribution in [3.05, 3.63) is 165 Å². The van der Waals surface area contributed by atoms with Crippen LogP contribution in [0.1, 0.15) is 133 Å². The summed E-state index contributed by atoms with van der Waals surface area (Å²) in [6.45, 7) is 26.7. The maximum atomic E-state index is 2.34. The molecule has 2 aliphatic rings. The first-order valence-corrected chi connectivity index (χ1v) is 18.5. The van der Waals surface area contributed by atoms with Gasteiger partial charge in [-0.05, 0) is 76.8 Å². The van der Waals surface area contributed by atoms with E-state index in [1.807, 2.05) is 55.4 Å². The van der Waals surface area contributed by atoms with Crippen LogP contribution < -0.4 is 0 Å². The van der Waals surface area contributed by atoms with Crippen molar-refractivity contribution in [3.63, 3.8) is 0 Å². The summed E-state index contributed by atoms with van der Waals surface area (Å²) in [4.78, 5) is 0. The van der Waals surface area contributed by atoms with E-state index in [4.69, 9.17) is 0 Å². The Morgan fingerprint density at radius 3 is 1.13 bits per heavy atom. The Kier molecular flexibility index (Phi) is 19.1. The van der Waals surface area contributed by atoms with E-state index in [0.29, 0.717) is 0 Å². The summed E-state index contributed by atoms with van der Waals surface area (Å²) in [6.07, 6.45) is 3.40. The second-order valence-corrected chi connectivity index (χ2v) is 10.9. The van der Waals surface area contributed by atoms with E-state index in [2.05, 4.69) is 150 Å². The second kappa shape index (κ2) is 21.8. The quantitative estimate of drug-likeness (QED) is 0.170. The fourth-order valence-electron chi connectivity index (χ4n) is 6.52. The molecule has 0 saturated heterocycles. The Hall–Kier alpha value is -3.90. The number of hydrogen-bond acceptors (Lipinski definition) is 0. The molecule has 2 aliphatic carbocycles. The first-order valence-electron chi connectivity index (χ1n) is 18.5. The van der Waals surface area contributed by atoms with Gasteiger partial charge < -0.3 is 0 Å². The van der Waals surface area contributed by atoms with Crippen molar-refractivity contribution in [2.24, 2.45) is 0 Å². The van der Waals surface area contributed by atoms with Crippen LogP contribution in [0.5, 0.6) is 0 Å². The molecule has 0 aliphatic heterocycles. The topological polar surface area (TPSA) is 0 Å². The third kappa shape index (κ3) is 9.13. The second-order valence-electron chi connectivity index (χ2n) is 10.9.